The molecule has 2 atom stereocenters. The number of hydrogen-bond donors (Lipinski definition) is 0. The molecule has 0 spiro atoms. The Kier molecular flexibility index (Phi) is 25.8. The monoisotopic (exact) mass is 483 g/mol. The summed E-state index contributed by atoms with van der Waals surface area (Å²) in [4.78, 5) is 2.58. The summed E-state index contributed by atoms with van der Waals surface area (Å²) in [7, 11) is 1.92. The third-order valence-electron chi connectivity index (χ3n) is 4.63. The average Bonchev–Trinajstić information content (AvgIpc) is 2.76. The molecule has 0 saturated heterocycles. The lowest BCUT2D eigenvalue weighted by molar-refractivity contribution is -0.136. The molecule has 0 radical (unpaired) electrons. The summed E-state index contributed by atoms with van der Waals surface area (Å²) in [5.41, 5.74) is 0. The van der Waals surface area contributed by atoms with E-state index in [9.17, 15) is 0 Å². The molecule has 0 aromatic carbocycles. The predicted octanol–water partition coefficient (Wildman–Crippen LogP) is 4.65. The minimum absolute atomic E-state index is 0.0283. The Labute approximate surface area is 196 Å². The Morgan fingerprint density at radius 1 is 0.581 bits per heavy atom. The second-order valence-corrected chi connectivity index (χ2v) is 10.2. The predicted molar refractivity (Wildman–Crippen MR) is 137 cm³/mol. The van der Waals surface area contributed by atoms with Crippen molar-refractivity contribution in [1.82, 2.24) is 4.90 Å². The Bertz CT molecular complexity index is 318. The van der Waals surface area contributed by atoms with Crippen molar-refractivity contribution in [1.29, 1.82) is 0 Å². The summed E-state index contributed by atoms with van der Waals surface area (Å²) in [5.74, 6) is 0. The van der Waals surface area contributed by atoms with Gasteiger partial charge < -0.3 is 28.6 Å². The molecule has 0 saturated carbocycles. The first-order valence-corrected chi connectivity index (χ1v) is 15.2. The van der Waals surface area contributed by atoms with Crippen LogP contribution < -0.4 is 0 Å². The molecule has 0 heterocycles. The zero-order valence-corrected chi connectivity index (χ0v) is 23.0. The van der Waals surface area contributed by atoms with Crippen LogP contribution in [0.3, 0.4) is 0 Å². The van der Waals surface area contributed by atoms with Crippen LogP contribution in [0, 0.1) is 0 Å². The molecule has 2 unspecified atom stereocenters. The first kappa shape index (κ1) is 31.6. The van der Waals surface area contributed by atoms with E-state index in [2.05, 4.69) is 11.8 Å². The SMILES string of the molecule is CCCOCCN(CCPCCC(OCC)OCC)CCPCCC(OCC)OCC. The minimum Gasteiger partial charge on any atom is -0.380 e. The highest BCUT2D eigenvalue weighted by molar-refractivity contribution is 7.38. The van der Waals surface area contributed by atoms with E-state index in [1.54, 1.807) is 0 Å². The highest BCUT2D eigenvalue weighted by Gasteiger charge is 2.10. The fourth-order valence-electron chi connectivity index (χ4n) is 3.11. The van der Waals surface area contributed by atoms with Gasteiger partial charge in [0.1, 0.15) is 0 Å². The fraction of sp³-hybridized carbons (Fsp3) is 1.00. The van der Waals surface area contributed by atoms with E-state index in [1.807, 2.05) is 27.7 Å². The van der Waals surface area contributed by atoms with Crippen LogP contribution in [-0.4, -0.2) is 101 Å². The van der Waals surface area contributed by atoms with Crippen LogP contribution in [0.4, 0.5) is 0 Å². The maximum atomic E-state index is 5.74. The maximum Gasteiger partial charge on any atom is 0.157 e. The molecule has 0 N–H and O–H groups in total. The molecule has 6 nitrogen and oxygen atoms in total. The van der Waals surface area contributed by atoms with Gasteiger partial charge in [-0.2, -0.15) is 0 Å². The third kappa shape index (κ3) is 20.9. The van der Waals surface area contributed by atoms with E-state index < -0.39 is 0 Å². The molecule has 0 aromatic rings. The smallest absolute Gasteiger partial charge is 0.157 e. The van der Waals surface area contributed by atoms with Crippen molar-refractivity contribution in [2.45, 2.75) is 66.5 Å². The molecule has 0 aliphatic rings. The summed E-state index contributed by atoms with van der Waals surface area (Å²) in [6.07, 6.45) is 7.90. The number of ether oxygens (including phenoxy) is 5. The van der Waals surface area contributed by atoms with Gasteiger partial charge in [-0.3, -0.25) is 0 Å². The van der Waals surface area contributed by atoms with Crippen LogP contribution in [0.15, 0.2) is 0 Å². The summed E-state index contributed by atoms with van der Waals surface area (Å²) < 4.78 is 28.3. The molecule has 0 aliphatic heterocycles. The summed E-state index contributed by atoms with van der Waals surface area (Å²) in [6.45, 7) is 18.2. The molecule has 31 heavy (non-hydrogen) atoms. The van der Waals surface area contributed by atoms with E-state index in [4.69, 9.17) is 23.7 Å². The van der Waals surface area contributed by atoms with Gasteiger partial charge >= 0.3 is 0 Å². The van der Waals surface area contributed by atoms with Crippen LogP contribution in [0.25, 0.3) is 0 Å². The molecule has 0 fully saturated rings. The molecule has 8 heteroatoms. The van der Waals surface area contributed by atoms with Crippen LogP contribution in [0.2, 0.25) is 0 Å². The van der Waals surface area contributed by atoms with Crippen molar-refractivity contribution >= 4 is 17.2 Å². The van der Waals surface area contributed by atoms with Crippen molar-refractivity contribution in [2.75, 3.05) is 83.9 Å². The third-order valence-corrected chi connectivity index (χ3v) is 7.07. The van der Waals surface area contributed by atoms with Gasteiger partial charge in [-0.05, 0) is 58.8 Å². The molecular weight excluding hydrogens is 432 g/mol. The Morgan fingerprint density at radius 3 is 1.42 bits per heavy atom. The second kappa shape index (κ2) is 25.2. The average molecular weight is 484 g/mol. The standard InChI is InChI=1S/C23H51NO5P2/c1-6-16-25-17-13-24(14-20-30-18-11-22(26-7-2)27-8-3)15-21-31-19-12-23(28-9-4)29-10-5/h22-23,30-31H,6-21H2,1-5H3. The lowest BCUT2D eigenvalue weighted by atomic mass is 10.4. The van der Waals surface area contributed by atoms with E-state index in [-0.39, 0.29) is 12.6 Å². The van der Waals surface area contributed by atoms with Gasteiger partial charge in [0, 0.05) is 65.5 Å². The molecular formula is C23H51NO5P2. The highest BCUT2D eigenvalue weighted by atomic mass is 31.1. The fourth-order valence-corrected chi connectivity index (χ4v) is 5.44. The summed E-state index contributed by atoms with van der Waals surface area (Å²) >= 11 is 0. The Hall–Kier alpha value is 0.620. The summed E-state index contributed by atoms with van der Waals surface area (Å²) in [6, 6.07) is 0. The second-order valence-electron chi connectivity index (χ2n) is 7.21. The lowest BCUT2D eigenvalue weighted by Crippen LogP contribution is -2.32. The van der Waals surface area contributed by atoms with Crippen molar-refractivity contribution in [3.05, 3.63) is 0 Å². The van der Waals surface area contributed by atoms with Crippen molar-refractivity contribution in [3.8, 4) is 0 Å². The largest absolute Gasteiger partial charge is 0.380 e. The van der Waals surface area contributed by atoms with Crippen LogP contribution in [0.1, 0.15) is 53.9 Å². The van der Waals surface area contributed by atoms with E-state index in [0.29, 0.717) is 0 Å². The number of rotatable bonds is 25. The van der Waals surface area contributed by atoms with Crippen molar-refractivity contribution in [3.63, 3.8) is 0 Å². The zero-order valence-electron chi connectivity index (χ0n) is 21.0. The molecule has 0 bridgehead atoms. The normalized spacial score (nSPS) is 12.8. The Morgan fingerprint density at radius 2 is 1.03 bits per heavy atom. The minimum atomic E-state index is -0.0283. The van der Waals surface area contributed by atoms with Gasteiger partial charge in [-0.15, -0.1) is 17.2 Å². The molecule has 0 amide bonds. The van der Waals surface area contributed by atoms with Gasteiger partial charge in [0.05, 0.1) is 6.61 Å². The molecule has 188 valence electrons. The van der Waals surface area contributed by atoms with Gasteiger partial charge in [0.25, 0.3) is 0 Å². The van der Waals surface area contributed by atoms with Gasteiger partial charge in [-0.1, -0.05) is 6.92 Å². The first-order valence-electron chi connectivity index (χ1n) is 12.4. The zero-order chi connectivity index (χ0) is 23.0. The summed E-state index contributed by atoms with van der Waals surface area (Å²) in [5, 5.41) is 0. The topological polar surface area (TPSA) is 49.4 Å². The quantitative estimate of drug-likeness (QED) is 0.107. The Balaban J connectivity index is 4.10. The van der Waals surface area contributed by atoms with Gasteiger partial charge in [0.2, 0.25) is 0 Å². The highest BCUT2D eigenvalue weighted by Crippen LogP contribution is 2.17. The van der Waals surface area contributed by atoms with Gasteiger partial charge in [-0.25, -0.2) is 0 Å². The first-order chi connectivity index (χ1) is 15.2. The lowest BCUT2D eigenvalue weighted by Gasteiger charge is -2.23. The molecule has 0 aromatic heterocycles. The van der Waals surface area contributed by atoms with Crippen LogP contribution in [0.5, 0.6) is 0 Å². The molecule has 0 rings (SSSR count). The van der Waals surface area contributed by atoms with Gasteiger partial charge in [0.15, 0.2) is 12.6 Å². The van der Waals surface area contributed by atoms with Crippen molar-refractivity contribution in [2.24, 2.45) is 0 Å². The number of nitrogens with zero attached hydrogens (tertiary/aromatic N) is 1. The number of hydrogen-bond acceptors (Lipinski definition) is 6. The van der Waals surface area contributed by atoms with E-state index in [0.717, 1.165) is 95.7 Å². The molecule has 0 aliphatic carbocycles. The maximum absolute atomic E-state index is 5.74. The van der Waals surface area contributed by atoms with Crippen molar-refractivity contribution < 1.29 is 23.7 Å². The van der Waals surface area contributed by atoms with Crippen LogP contribution >= 0.6 is 17.2 Å². The van der Waals surface area contributed by atoms with E-state index in [1.165, 1.54) is 24.6 Å². The van der Waals surface area contributed by atoms with E-state index >= 15 is 0 Å². The van der Waals surface area contributed by atoms with Crippen LogP contribution in [-0.2, 0) is 23.7 Å².